The summed E-state index contributed by atoms with van der Waals surface area (Å²) in [6.07, 6.45) is -3.07. The van der Waals surface area contributed by atoms with E-state index in [1.807, 2.05) is 125 Å². The van der Waals surface area contributed by atoms with Gasteiger partial charge in [-0.1, -0.05) is 149 Å². The van der Waals surface area contributed by atoms with Crippen LogP contribution in [0, 0.1) is 11.8 Å². The lowest BCUT2D eigenvalue weighted by molar-refractivity contribution is -0.141. The lowest BCUT2D eigenvalue weighted by Crippen LogP contribution is -2.55. The highest BCUT2D eigenvalue weighted by Gasteiger charge is 2.37. The summed E-state index contributed by atoms with van der Waals surface area (Å²) >= 11 is 0. The van der Waals surface area contributed by atoms with Gasteiger partial charge in [0.2, 0.25) is 23.6 Å². The molecule has 0 bridgehead atoms. The Balaban J connectivity index is 0.791. The largest absolute Gasteiger partial charge is 0.481 e. The van der Waals surface area contributed by atoms with E-state index in [1.54, 1.807) is 12.1 Å². The number of ether oxygens (including phenoxy) is 2. The monoisotopic (exact) mass is 1220 g/mol. The highest BCUT2D eigenvalue weighted by Crippen LogP contribution is 2.46. The van der Waals surface area contributed by atoms with Gasteiger partial charge in [-0.25, -0.2) is 9.59 Å². The zero-order valence-corrected chi connectivity index (χ0v) is 50.2. The zero-order valence-electron chi connectivity index (χ0n) is 50.2. The molecule has 10 N–H and O–H groups in total. The minimum absolute atomic E-state index is 0.00190. The molecule has 4 atom stereocenters. The van der Waals surface area contributed by atoms with E-state index in [-0.39, 0.29) is 110 Å². The van der Waals surface area contributed by atoms with Crippen LogP contribution < -0.4 is 42.5 Å². The summed E-state index contributed by atoms with van der Waals surface area (Å²) in [6.45, 7) is 6.89. The fourth-order valence-electron chi connectivity index (χ4n) is 11.8. The van der Waals surface area contributed by atoms with Gasteiger partial charge in [0.15, 0.2) is 11.6 Å². The van der Waals surface area contributed by atoms with Crippen LogP contribution in [0.25, 0.3) is 22.3 Å². The Kier molecular flexibility index (Phi) is 20.7. The van der Waals surface area contributed by atoms with Crippen LogP contribution in [0.3, 0.4) is 0 Å². The van der Waals surface area contributed by atoms with Gasteiger partial charge in [0.05, 0.1) is 24.0 Å². The number of amides is 6. The van der Waals surface area contributed by atoms with Crippen molar-refractivity contribution in [2.45, 2.75) is 89.4 Å². The molecule has 6 amide bonds. The smallest absolute Gasteiger partial charge is 0.407 e. The number of aliphatic carboxylic acids is 2. The quantitative estimate of drug-likeness (QED) is 0.0214. The molecule has 468 valence electrons. The third-order valence-electron chi connectivity index (χ3n) is 15.9. The maximum absolute atomic E-state index is 14.3. The van der Waals surface area contributed by atoms with Gasteiger partial charge >= 0.3 is 24.1 Å². The molecule has 6 aromatic carbocycles. The standard InChI is InChI=1S/C68H72N8O14/c1-37(2)31-53(75-67(87)89-35-49-43-19-9-5-15-39(43)40-16-6-10-20-44(40)49)65(85)73-55(33-57(77)78)63(83)71-29-27-69-51-25-26-52(60-59(51)61(81)47-23-13-14-24-48(47)62(60)82)70-28-30-72-64(84)56(34-58(79)80)74-66(86)54(32-38(3)4)76-68(88)90-36-50-45-21-11-7-17-41(45)42-18-8-12-22-46(42)50/h5-26,37-38,49-50,53-56,69-70H,27-36H2,1-4H3,(H,71,83)(H,72,84)(H,73,85)(H,74,86)(H,75,87)(H,76,88)(H,77,78)(H,79,80)/t53-,54-,55-,56+/m1/s1. The first-order valence-electron chi connectivity index (χ1n) is 29.9. The van der Waals surface area contributed by atoms with E-state index >= 15 is 0 Å². The Labute approximate surface area is 519 Å². The van der Waals surface area contributed by atoms with Crippen LogP contribution in [0.4, 0.5) is 21.0 Å². The average molecular weight is 1230 g/mol. The molecule has 0 fully saturated rings. The van der Waals surface area contributed by atoms with Crippen molar-refractivity contribution in [3.8, 4) is 22.3 Å². The van der Waals surface area contributed by atoms with Crippen molar-refractivity contribution in [1.29, 1.82) is 0 Å². The number of hydrogen-bond donors (Lipinski definition) is 10. The Morgan fingerprint density at radius 1 is 0.400 bits per heavy atom. The summed E-state index contributed by atoms with van der Waals surface area (Å²) in [4.78, 5) is 134. The molecule has 9 rings (SSSR count). The third-order valence-corrected chi connectivity index (χ3v) is 15.9. The van der Waals surface area contributed by atoms with E-state index in [2.05, 4.69) is 42.5 Å². The van der Waals surface area contributed by atoms with E-state index in [0.717, 1.165) is 44.5 Å². The van der Waals surface area contributed by atoms with Crippen molar-refractivity contribution in [3.63, 3.8) is 0 Å². The van der Waals surface area contributed by atoms with Gasteiger partial charge in [0.25, 0.3) is 0 Å². The van der Waals surface area contributed by atoms with Crippen molar-refractivity contribution in [1.82, 2.24) is 31.9 Å². The van der Waals surface area contributed by atoms with Crippen LogP contribution >= 0.6 is 0 Å². The molecule has 6 aromatic rings. The molecule has 0 aromatic heterocycles. The maximum Gasteiger partial charge on any atom is 0.407 e. The minimum Gasteiger partial charge on any atom is -0.481 e. The number of carbonyl (C=O) groups excluding carboxylic acids is 8. The van der Waals surface area contributed by atoms with Crippen molar-refractivity contribution >= 4 is 70.7 Å². The highest BCUT2D eigenvalue weighted by molar-refractivity contribution is 6.32. The Morgan fingerprint density at radius 2 is 0.711 bits per heavy atom. The van der Waals surface area contributed by atoms with Crippen LogP contribution in [0.5, 0.6) is 0 Å². The number of anilines is 2. The van der Waals surface area contributed by atoms with Crippen molar-refractivity contribution < 1.29 is 67.6 Å². The number of ketones is 2. The van der Waals surface area contributed by atoms with Crippen LogP contribution in [0.15, 0.2) is 133 Å². The van der Waals surface area contributed by atoms with E-state index < -0.39 is 96.3 Å². The number of carbonyl (C=O) groups is 10. The third kappa shape index (κ3) is 15.1. The van der Waals surface area contributed by atoms with E-state index in [0.29, 0.717) is 0 Å². The first kappa shape index (κ1) is 64.1. The van der Waals surface area contributed by atoms with Gasteiger partial charge in [0, 0.05) is 60.5 Å². The molecule has 0 heterocycles. The summed E-state index contributed by atoms with van der Waals surface area (Å²) < 4.78 is 11.4. The number of carboxylic acid groups (broad SMARTS) is 2. The molecule has 22 heteroatoms. The SMILES string of the molecule is CC(C)C[C@@H](NC(=O)OCC1c2ccccc2-c2ccccc21)C(=O)N[C@@H](CC(=O)O)C(=O)NCCNc1ccc(NCCNC(=O)[C@@H](CC(=O)O)NC(=O)[C@@H](CC(C)C)NC(=O)OCC2c3ccccc3-c3ccccc32)c2c1C(=O)c1ccccc1C2=O. The van der Waals surface area contributed by atoms with Gasteiger partial charge < -0.3 is 62.2 Å². The van der Waals surface area contributed by atoms with E-state index in [4.69, 9.17) is 9.47 Å². The lowest BCUT2D eigenvalue weighted by Gasteiger charge is -2.25. The van der Waals surface area contributed by atoms with Gasteiger partial charge in [-0.2, -0.15) is 0 Å². The molecular weight excluding hydrogens is 1150 g/mol. The molecule has 0 saturated heterocycles. The van der Waals surface area contributed by atoms with Gasteiger partial charge in [-0.3, -0.25) is 38.4 Å². The zero-order chi connectivity index (χ0) is 64.2. The minimum atomic E-state index is -1.57. The normalized spacial score (nSPS) is 14.0. The molecule has 0 radical (unpaired) electrons. The van der Waals surface area contributed by atoms with E-state index in [1.165, 1.54) is 24.3 Å². The number of hydrogen-bond acceptors (Lipinski definition) is 14. The second-order valence-electron chi connectivity index (χ2n) is 23.2. The van der Waals surface area contributed by atoms with Crippen LogP contribution in [0.2, 0.25) is 0 Å². The van der Waals surface area contributed by atoms with Crippen molar-refractivity contribution in [2.24, 2.45) is 11.8 Å². The van der Waals surface area contributed by atoms with Crippen LogP contribution in [0.1, 0.15) is 119 Å². The van der Waals surface area contributed by atoms with Crippen molar-refractivity contribution in [3.05, 3.63) is 178 Å². The molecule has 3 aliphatic rings. The fourth-order valence-corrected chi connectivity index (χ4v) is 11.8. The van der Waals surface area contributed by atoms with Crippen molar-refractivity contribution in [2.75, 3.05) is 50.0 Å². The molecule has 0 aliphatic heterocycles. The lowest BCUT2D eigenvalue weighted by atomic mass is 9.82. The molecule has 90 heavy (non-hydrogen) atoms. The molecule has 22 nitrogen and oxygen atoms in total. The molecule has 0 unspecified atom stereocenters. The Bertz CT molecular complexity index is 3420. The van der Waals surface area contributed by atoms with Gasteiger partial charge in [-0.05, 0) is 81.3 Å². The van der Waals surface area contributed by atoms with Gasteiger partial charge in [-0.15, -0.1) is 0 Å². The summed E-state index contributed by atoms with van der Waals surface area (Å²) in [5.74, 6) is -7.78. The highest BCUT2D eigenvalue weighted by atomic mass is 16.6. The first-order valence-corrected chi connectivity index (χ1v) is 29.9. The molecular formula is C68H72N8O14. The Hall–Kier alpha value is -10.4. The Morgan fingerprint density at radius 3 is 1.02 bits per heavy atom. The summed E-state index contributed by atoms with van der Waals surface area (Å²) in [6, 6.07) is 35.1. The van der Waals surface area contributed by atoms with E-state index in [9.17, 15) is 58.2 Å². The summed E-state index contributed by atoms with van der Waals surface area (Å²) in [5.41, 5.74) is 8.85. The molecule has 0 saturated carbocycles. The van der Waals surface area contributed by atoms with Gasteiger partial charge in [0.1, 0.15) is 37.4 Å². The molecule has 3 aliphatic carbocycles. The number of alkyl carbamates (subject to hydrolysis) is 2. The molecule has 0 spiro atoms. The second kappa shape index (κ2) is 29.1. The number of nitrogens with one attached hydrogen (secondary N) is 8. The number of carboxylic acids is 2. The number of fused-ring (bicyclic) bond motifs is 8. The second-order valence-corrected chi connectivity index (χ2v) is 23.2. The number of rotatable bonds is 28. The average Bonchev–Trinajstić information content (AvgIpc) is 0.931. The maximum atomic E-state index is 14.3. The van der Waals surface area contributed by atoms with Crippen LogP contribution in [-0.2, 0) is 38.2 Å². The van der Waals surface area contributed by atoms with Crippen LogP contribution in [-0.4, -0.2) is 133 Å². The summed E-state index contributed by atoms with van der Waals surface area (Å²) in [5, 5.41) is 41.2. The topological polar surface area (TPSA) is 326 Å². The predicted molar refractivity (Wildman–Crippen MR) is 334 cm³/mol. The first-order chi connectivity index (χ1) is 43.3. The summed E-state index contributed by atoms with van der Waals surface area (Å²) in [7, 11) is 0. The fraction of sp³-hybridized carbons (Fsp3) is 0.324. The number of benzene rings is 6. The predicted octanol–water partition coefficient (Wildman–Crippen LogP) is 7.34.